The molecule has 0 atom stereocenters. The molecule has 5 rings (SSSR count). The second-order valence-electron chi connectivity index (χ2n) is 7.22. The van der Waals surface area contributed by atoms with Gasteiger partial charge in [0.1, 0.15) is 0 Å². The van der Waals surface area contributed by atoms with Crippen molar-refractivity contribution in [3.05, 3.63) is 83.4 Å². The molecule has 0 aliphatic carbocycles. The number of H-pyrrole nitrogens is 2. The number of halogens is 1. The number of rotatable bonds is 4. The van der Waals surface area contributed by atoms with E-state index in [1.54, 1.807) is 6.33 Å². The summed E-state index contributed by atoms with van der Waals surface area (Å²) in [5.74, 6) is 0.858. The lowest BCUT2D eigenvalue weighted by molar-refractivity contribution is -0.347. The molecule has 0 spiro atoms. The summed E-state index contributed by atoms with van der Waals surface area (Å²) in [5, 5.41) is 0.261. The van der Waals surface area contributed by atoms with Crippen molar-refractivity contribution in [3.63, 3.8) is 0 Å². The van der Waals surface area contributed by atoms with Gasteiger partial charge in [-0.2, -0.15) is 4.98 Å². The van der Waals surface area contributed by atoms with Gasteiger partial charge >= 0.3 is 10.9 Å². The number of hydrogen-bond donors (Lipinski definition) is 1. The van der Waals surface area contributed by atoms with Crippen LogP contribution >= 0.6 is 11.6 Å². The van der Waals surface area contributed by atoms with Gasteiger partial charge in [0, 0.05) is 26.2 Å². The average Bonchev–Trinajstić information content (AvgIpc) is 3.24. The number of hydrogen-bond acceptors (Lipinski definition) is 4. The number of aromatic amines is 2. The zero-order valence-electron chi connectivity index (χ0n) is 15.9. The largest absolute Gasteiger partial charge is 0.351 e. The van der Waals surface area contributed by atoms with Crippen molar-refractivity contribution < 1.29 is 4.98 Å². The molecule has 0 unspecified atom stereocenters. The lowest BCUT2D eigenvalue weighted by atomic mass is 9.96. The molecule has 1 aliphatic rings. The highest BCUT2D eigenvalue weighted by Gasteiger charge is 2.29. The number of piperazine rings is 1. The van der Waals surface area contributed by atoms with E-state index in [1.807, 2.05) is 0 Å². The quantitative estimate of drug-likeness (QED) is 0.529. The Morgan fingerprint density at radius 2 is 1.48 bits per heavy atom. The molecule has 29 heavy (non-hydrogen) atoms. The maximum Gasteiger partial charge on any atom is 0.306 e. The van der Waals surface area contributed by atoms with Crippen LogP contribution in [0.5, 0.6) is 0 Å². The Morgan fingerprint density at radius 1 is 0.862 bits per heavy atom. The monoisotopic (exact) mass is 405 g/mol. The fraction of sp³-hybridized carbons (Fsp3) is 0.227. The summed E-state index contributed by atoms with van der Waals surface area (Å²) in [4.78, 5) is 19.8. The van der Waals surface area contributed by atoms with Gasteiger partial charge in [0.05, 0.1) is 6.04 Å². The predicted octanol–water partition coefficient (Wildman–Crippen LogP) is 3.34. The number of nitrogens with one attached hydrogen (secondary N) is 2. The first-order chi connectivity index (χ1) is 14.3. The molecule has 1 fully saturated rings. The molecule has 4 aromatic rings. The molecule has 6 nitrogen and oxygen atoms in total. The minimum absolute atomic E-state index is 0.243. The molecule has 1 saturated heterocycles. The topological polar surface area (TPSA) is 62.2 Å². The van der Waals surface area contributed by atoms with Gasteiger partial charge in [-0.25, -0.2) is 4.98 Å². The van der Waals surface area contributed by atoms with E-state index < -0.39 is 0 Å². The van der Waals surface area contributed by atoms with Crippen molar-refractivity contribution in [1.29, 1.82) is 0 Å². The molecule has 7 heteroatoms. The molecule has 0 amide bonds. The standard InChI is InChI=1S/C22H21ClN6/c23-22-26-20-18(24-15-25-20)21(27-22)29-13-11-28(12-14-29)19(16-7-3-1-4-8-16)17-9-5-2-6-10-17/h1-10,15,19H,11-14H2,(H,24,25,26,27)/p+1. The van der Waals surface area contributed by atoms with Gasteiger partial charge in [0.2, 0.25) is 5.52 Å². The van der Waals surface area contributed by atoms with Crippen LogP contribution in [0.15, 0.2) is 67.0 Å². The fourth-order valence-electron chi connectivity index (χ4n) is 4.14. The third kappa shape index (κ3) is 3.57. The third-order valence-electron chi connectivity index (χ3n) is 5.50. The first-order valence-corrected chi connectivity index (χ1v) is 10.2. The first kappa shape index (κ1) is 18.1. The third-order valence-corrected chi connectivity index (χ3v) is 5.67. The predicted molar refractivity (Wildman–Crippen MR) is 114 cm³/mol. The smallest absolute Gasteiger partial charge is 0.306 e. The molecule has 2 aromatic carbocycles. The van der Waals surface area contributed by atoms with Crippen LogP contribution in [0.25, 0.3) is 11.2 Å². The minimum atomic E-state index is 0.243. The molecule has 0 bridgehead atoms. The van der Waals surface area contributed by atoms with Crippen molar-refractivity contribution in [2.75, 3.05) is 31.1 Å². The Bertz CT molecular complexity index is 1050. The summed E-state index contributed by atoms with van der Waals surface area (Å²) in [6.07, 6.45) is 1.76. The van der Waals surface area contributed by atoms with Crippen LogP contribution in [-0.4, -0.2) is 46.0 Å². The van der Waals surface area contributed by atoms with Gasteiger partial charge in [0.25, 0.3) is 0 Å². The summed E-state index contributed by atoms with van der Waals surface area (Å²) in [6, 6.07) is 21.7. The highest BCUT2D eigenvalue weighted by Crippen LogP contribution is 2.31. The summed E-state index contributed by atoms with van der Waals surface area (Å²) < 4.78 is 0. The lowest BCUT2D eigenvalue weighted by Crippen LogP contribution is -2.48. The van der Waals surface area contributed by atoms with E-state index in [-0.39, 0.29) is 11.3 Å². The molecular weight excluding hydrogens is 384 g/mol. The van der Waals surface area contributed by atoms with E-state index in [2.05, 4.69) is 90.4 Å². The van der Waals surface area contributed by atoms with Crippen LogP contribution in [0.3, 0.4) is 0 Å². The highest BCUT2D eigenvalue weighted by atomic mass is 35.5. The number of aromatic nitrogens is 4. The number of anilines is 1. The van der Waals surface area contributed by atoms with Gasteiger partial charge in [-0.05, 0) is 22.7 Å². The van der Waals surface area contributed by atoms with Gasteiger partial charge in [-0.1, -0.05) is 65.6 Å². The van der Waals surface area contributed by atoms with E-state index in [0.29, 0.717) is 0 Å². The Hall–Kier alpha value is -2.96. The van der Waals surface area contributed by atoms with Gasteiger partial charge in [-0.3, -0.25) is 9.88 Å². The van der Waals surface area contributed by atoms with Gasteiger partial charge in [0.15, 0.2) is 12.1 Å². The Labute approximate surface area is 174 Å². The van der Waals surface area contributed by atoms with Crippen LogP contribution < -0.4 is 9.88 Å². The number of nitrogens with zero attached hydrogens (tertiary/aromatic N) is 4. The van der Waals surface area contributed by atoms with E-state index in [4.69, 9.17) is 11.6 Å². The van der Waals surface area contributed by atoms with Crippen molar-refractivity contribution >= 4 is 28.6 Å². The summed E-state index contributed by atoms with van der Waals surface area (Å²) >= 11 is 6.15. The second kappa shape index (κ2) is 7.81. The molecule has 146 valence electrons. The van der Waals surface area contributed by atoms with Crippen LogP contribution in [0.4, 0.5) is 5.82 Å². The Morgan fingerprint density at radius 3 is 2.10 bits per heavy atom. The van der Waals surface area contributed by atoms with E-state index in [9.17, 15) is 0 Å². The number of fused-ring (bicyclic) bond motifs is 1. The molecule has 1 aliphatic heterocycles. The number of benzene rings is 2. The summed E-state index contributed by atoms with van der Waals surface area (Å²) in [7, 11) is 0. The first-order valence-electron chi connectivity index (χ1n) is 9.81. The van der Waals surface area contributed by atoms with Crippen LogP contribution in [0.1, 0.15) is 17.2 Å². The Balaban J connectivity index is 1.41. The molecular formula is C22H22ClN6+. The normalized spacial score (nSPS) is 15.3. The second-order valence-corrected chi connectivity index (χ2v) is 7.56. The molecule has 2 aromatic heterocycles. The summed E-state index contributed by atoms with van der Waals surface area (Å²) in [6.45, 7) is 3.61. The molecule has 3 heterocycles. The molecule has 0 radical (unpaired) electrons. The Kier molecular flexibility index (Phi) is 4.87. The van der Waals surface area contributed by atoms with Crippen LogP contribution in [0.2, 0.25) is 5.28 Å². The average molecular weight is 406 g/mol. The fourth-order valence-corrected chi connectivity index (χ4v) is 4.31. The van der Waals surface area contributed by atoms with Crippen molar-refractivity contribution in [1.82, 2.24) is 19.9 Å². The van der Waals surface area contributed by atoms with Gasteiger partial charge in [-0.15, -0.1) is 0 Å². The SMILES string of the molecule is Clc1nc(N2CCN(C(c3ccccc3)c3ccccc3)CC2)c2[nH]c[nH+]c2n1. The lowest BCUT2D eigenvalue weighted by Gasteiger charge is -2.40. The van der Waals surface area contributed by atoms with Crippen LogP contribution in [-0.2, 0) is 0 Å². The number of imidazole rings is 1. The maximum absolute atomic E-state index is 6.15. The maximum atomic E-state index is 6.15. The van der Waals surface area contributed by atoms with Crippen molar-refractivity contribution in [2.24, 2.45) is 0 Å². The van der Waals surface area contributed by atoms with Crippen molar-refractivity contribution in [2.45, 2.75) is 6.04 Å². The highest BCUT2D eigenvalue weighted by molar-refractivity contribution is 6.28. The van der Waals surface area contributed by atoms with Crippen LogP contribution in [0, 0.1) is 0 Å². The van der Waals surface area contributed by atoms with Crippen molar-refractivity contribution in [3.8, 4) is 0 Å². The van der Waals surface area contributed by atoms with Gasteiger partial charge < -0.3 is 4.90 Å². The molecule has 0 saturated carbocycles. The zero-order chi connectivity index (χ0) is 19.6. The minimum Gasteiger partial charge on any atom is -0.351 e. The summed E-state index contributed by atoms with van der Waals surface area (Å²) in [5.41, 5.74) is 4.26. The molecule has 2 N–H and O–H groups in total. The zero-order valence-corrected chi connectivity index (χ0v) is 16.7. The van der Waals surface area contributed by atoms with E-state index >= 15 is 0 Å². The van der Waals surface area contributed by atoms with E-state index in [0.717, 1.165) is 43.2 Å². The van der Waals surface area contributed by atoms with E-state index in [1.165, 1.54) is 11.1 Å².